The fourth-order valence-corrected chi connectivity index (χ4v) is 3.82. The molecule has 2 atom stereocenters. The summed E-state index contributed by atoms with van der Waals surface area (Å²) >= 11 is 0. The van der Waals surface area contributed by atoms with E-state index >= 15 is 0 Å². The summed E-state index contributed by atoms with van der Waals surface area (Å²) < 4.78 is 25.8. The Morgan fingerprint density at radius 3 is 2.44 bits per heavy atom. The normalized spacial score (nSPS) is 13.3. The monoisotopic (exact) mass is 495 g/mol. The van der Waals surface area contributed by atoms with Gasteiger partial charge >= 0.3 is 5.97 Å². The van der Waals surface area contributed by atoms with Gasteiger partial charge in [0.05, 0.1) is 24.4 Å². The SMILES string of the molecule is Cc1ccc(CC(C)(C)NC[C@H](O)COC(C)c2ccccc2Oc2ccc(C(=O)O)cc2)cc1F. The summed E-state index contributed by atoms with van der Waals surface area (Å²) in [4.78, 5) is 11.1. The zero-order valence-corrected chi connectivity index (χ0v) is 21.1. The molecule has 0 saturated heterocycles. The van der Waals surface area contributed by atoms with E-state index in [4.69, 9.17) is 14.6 Å². The van der Waals surface area contributed by atoms with E-state index < -0.39 is 12.1 Å². The number of β-amino-alcohol motifs (C(OH)–C–C–N with tert-alkyl or cyclic N) is 1. The van der Waals surface area contributed by atoms with Crippen molar-refractivity contribution < 1.29 is 28.9 Å². The maximum absolute atomic E-state index is 13.9. The highest BCUT2D eigenvalue weighted by atomic mass is 19.1. The Labute approximate surface area is 211 Å². The average molecular weight is 496 g/mol. The molecule has 0 aromatic heterocycles. The summed E-state index contributed by atoms with van der Waals surface area (Å²) in [7, 11) is 0. The van der Waals surface area contributed by atoms with E-state index in [9.17, 15) is 14.3 Å². The van der Waals surface area contributed by atoms with E-state index in [-0.39, 0.29) is 29.6 Å². The lowest BCUT2D eigenvalue weighted by Gasteiger charge is -2.28. The van der Waals surface area contributed by atoms with Crippen molar-refractivity contribution >= 4 is 5.97 Å². The maximum Gasteiger partial charge on any atom is 0.335 e. The average Bonchev–Trinajstić information content (AvgIpc) is 2.84. The number of aliphatic hydroxyl groups excluding tert-OH is 1. The minimum Gasteiger partial charge on any atom is -0.478 e. The van der Waals surface area contributed by atoms with E-state index in [1.165, 1.54) is 12.1 Å². The van der Waals surface area contributed by atoms with Gasteiger partial charge in [-0.25, -0.2) is 9.18 Å². The molecule has 0 heterocycles. The molecule has 3 aromatic rings. The number of benzene rings is 3. The van der Waals surface area contributed by atoms with Crippen LogP contribution < -0.4 is 10.1 Å². The number of aryl methyl sites for hydroxylation is 1. The molecule has 0 aliphatic carbocycles. The van der Waals surface area contributed by atoms with Gasteiger partial charge in [0.15, 0.2) is 0 Å². The molecule has 3 rings (SSSR count). The summed E-state index contributed by atoms with van der Waals surface area (Å²) in [5, 5.41) is 22.9. The van der Waals surface area contributed by atoms with Crippen molar-refractivity contribution in [2.75, 3.05) is 13.2 Å². The van der Waals surface area contributed by atoms with Crippen molar-refractivity contribution in [1.29, 1.82) is 0 Å². The second-order valence-electron chi connectivity index (χ2n) is 9.62. The Morgan fingerprint density at radius 1 is 1.08 bits per heavy atom. The number of hydrogen-bond donors (Lipinski definition) is 3. The second-order valence-corrected chi connectivity index (χ2v) is 9.62. The molecule has 192 valence electrons. The van der Waals surface area contributed by atoms with Gasteiger partial charge in [-0.2, -0.15) is 0 Å². The summed E-state index contributed by atoms with van der Waals surface area (Å²) in [5.74, 6) is -0.108. The number of carboxylic acids is 1. The fourth-order valence-electron chi connectivity index (χ4n) is 3.82. The highest BCUT2D eigenvalue weighted by Crippen LogP contribution is 2.31. The molecule has 3 aromatic carbocycles. The molecule has 0 spiro atoms. The Kier molecular flexibility index (Phi) is 9.20. The predicted octanol–water partition coefficient (Wildman–Crippen LogP) is 5.67. The highest BCUT2D eigenvalue weighted by Gasteiger charge is 2.21. The van der Waals surface area contributed by atoms with Crippen LogP contribution in [0, 0.1) is 12.7 Å². The van der Waals surface area contributed by atoms with Crippen molar-refractivity contribution in [2.45, 2.75) is 51.9 Å². The van der Waals surface area contributed by atoms with Crippen molar-refractivity contribution in [1.82, 2.24) is 5.32 Å². The number of nitrogens with one attached hydrogen (secondary N) is 1. The first-order valence-corrected chi connectivity index (χ1v) is 11.9. The van der Waals surface area contributed by atoms with Gasteiger partial charge in [0.2, 0.25) is 0 Å². The van der Waals surface area contributed by atoms with Crippen molar-refractivity contribution in [3.63, 3.8) is 0 Å². The number of rotatable bonds is 12. The third-order valence-electron chi connectivity index (χ3n) is 5.92. The van der Waals surface area contributed by atoms with Crippen LogP contribution in [0.1, 0.15) is 53.9 Å². The molecule has 6 nitrogen and oxygen atoms in total. The lowest BCUT2D eigenvalue weighted by Crippen LogP contribution is -2.46. The minimum atomic E-state index is -0.996. The summed E-state index contributed by atoms with van der Waals surface area (Å²) in [5.41, 5.74) is 2.16. The molecular weight excluding hydrogens is 461 g/mol. The molecule has 3 N–H and O–H groups in total. The van der Waals surface area contributed by atoms with Gasteiger partial charge in [-0.3, -0.25) is 0 Å². The number of carbonyl (C=O) groups is 1. The first-order chi connectivity index (χ1) is 17.0. The fraction of sp³-hybridized carbons (Fsp3) is 0.345. The Hall–Kier alpha value is -3.26. The van der Waals surface area contributed by atoms with E-state index in [0.717, 1.165) is 11.1 Å². The van der Waals surface area contributed by atoms with Crippen LogP contribution in [0.5, 0.6) is 11.5 Å². The van der Waals surface area contributed by atoms with Crippen LogP contribution in [0.4, 0.5) is 4.39 Å². The number of aliphatic hydroxyl groups is 1. The lowest BCUT2D eigenvalue weighted by molar-refractivity contribution is -0.00481. The third kappa shape index (κ3) is 7.88. The second kappa shape index (κ2) is 12.1. The van der Waals surface area contributed by atoms with Crippen molar-refractivity contribution in [2.24, 2.45) is 0 Å². The summed E-state index contributed by atoms with van der Waals surface area (Å²) in [6.07, 6.45) is -0.470. The van der Waals surface area contributed by atoms with Crippen LogP contribution in [-0.4, -0.2) is 41.0 Å². The molecule has 0 aliphatic heterocycles. The van der Waals surface area contributed by atoms with Crippen LogP contribution in [0.25, 0.3) is 0 Å². The first-order valence-electron chi connectivity index (χ1n) is 11.9. The number of aromatic carboxylic acids is 1. The van der Waals surface area contributed by atoms with E-state index in [1.807, 2.05) is 51.1 Å². The molecular formula is C29H34FNO5. The molecule has 36 heavy (non-hydrogen) atoms. The van der Waals surface area contributed by atoms with Crippen LogP contribution >= 0.6 is 0 Å². The number of ether oxygens (including phenoxy) is 2. The first kappa shape index (κ1) is 27.3. The van der Waals surface area contributed by atoms with Crippen LogP contribution in [0.2, 0.25) is 0 Å². The number of hydrogen-bond acceptors (Lipinski definition) is 5. The number of para-hydroxylation sites is 1. The topological polar surface area (TPSA) is 88.0 Å². The molecule has 7 heteroatoms. The Morgan fingerprint density at radius 2 is 1.78 bits per heavy atom. The quantitative estimate of drug-likeness (QED) is 0.300. The molecule has 1 unspecified atom stereocenters. The number of carboxylic acid groups (broad SMARTS) is 1. The summed E-state index contributed by atoms with van der Waals surface area (Å²) in [6, 6.07) is 18.9. The van der Waals surface area contributed by atoms with Gasteiger partial charge in [0.25, 0.3) is 0 Å². The van der Waals surface area contributed by atoms with Crippen LogP contribution in [0.15, 0.2) is 66.7 Å². The Balaban J connectivity index is 1.52. The van der Waals surface area contributed by atoms with Gasteiger partial charge in [-0.1, -0.05) is 30.3 Å². The molecule has 0 bridgehead atoms. The zero-order valence-electron chi connectivity index (χ0n) is 21.1. The van der Waals surface area contributed by atoms with E-state index in [1.54, 1.807) is 31.2 Å². The van der Waals surface area contributed by atoms with Gasteiger partial charge < -0.3 is 25.0 Å². The van der Waals surface area contributed by atoms with Crippen LogP contribution in [0.3, 0.4) is 0 Å². The van der Waals surface area contributed by atoms with Crippen molar-refractivity contribution in [3.05, 3.63) is 94.8 Å². The lowest BCUT2D eigenvalue weighted by atomic mass is 9.94. The predicted molar refractivity (Wildman–Crippen MR) is 137 cm³/mol. The van der Waals surface area contributed by atoms with Crippen LogP contribution in [-0.2, 0) is 11.2 Å². The molecule has 0 amide bonds. The van der Waals surface area contributed by atoms with E-state index in [2.05, 4.69) is 5.32 Å². The molecule has 0 saturated carbocycles. The summed E-state index contributed by atoms with van der Waals surface area (Å²) in [6.45, 7) is 8.08. The highest BCUT2D eigenvalue weighted by molar-refractivity contribution is 5.87. The smallest absolute Gasteiger partial charge is 0.335 e. The maximum atomic E-state index is 13.9. The van der Waals surface area contributed by atoms with Gasteiger partial charge in [0, 0.05) is 17.6 Å². The van der Waals surface area contributed by atoms with Crippen molar-refractivity contribution in [3.8, 4) is 11.5 Å². The minimum absolute atomic E-state index is 0.116. The van der Waals surface area contributed by atoms with Gasteiger partial charge in [-0.15, -0.1) is 0 Å². The molecule has 0 fully saturated rings. The largest absolute Gasteiger partial charge is 0.478 e. The van der Waals surface area contributed by atoms with Gasteiger partial charge in [0.1, 0.15) is 17.3 Å². The van der Waals surface area contributed by atoms with E-state index in [0.29, 0.717) is 30.0 Å². The zero-order chi connectivity index (χ0) is 26.3. The third-order valence-corrected chi connectivity index (χ3v) is 5.92. The standard InChI is InChI=1S/C29H34FNO5/c1-19-9-10-21(15-26(19)30)16-29(3,4)31-17-23(32)18-35-20(2)25-7-5-6-8-27(25)36-24-13-11-22(12-14-24)28(33)34/h5-15,20,23,31-32H,16-18H2,1-4H3,(H,33,34)/t20?,23-/m0/s1. The Bertz CT molecular complexity index is 1160. The molecule has 0 radical (unpaired) electrons. The molecule has 0 aliphatic rings. The van der Waals surface area contributed by atoms with Gasteiger partial charge in [-0.05, 0) is 81.6 Å². The number of halogens is 1.